The van der Waals surface area contributed by atoms with E-state index in [0.29, 0.717) is 0 Å². The molecule has 3 nitrogen and oxygen atoms in total. The number of benzene rings is 1. The van der Waals surface area contributed by atoms with E-state index >= 15 is 0 Å². The molecular weight excluding hydrogens is 412 g/mol. The van der Waals surface area contributed by atoms with Crippen LogP contribution in [0.1, 0.15) is 24.8 Å². The Kier molecular flexibility index (Phi) is 8.53. The second kappa shape index (κ2) is 9.60. The summed E-state index contributed by atoms with van der Waals surface area (Å²) in [7, 11) is 1.77. The predicted molar refractivity (Wildman–Crippen MR) is 105 cm³/mol. The number of guanidine groups is 1. The van der Waals surface area contributed by atoms with Gasteiger partial charge in [0.1, 0.15) is 5.82 Å². The Labute approximate surface area is 154 Å². The summed E-state index contributed by atoms with van der Waals surface area (Å²) in [6.07, 6.45) is 5.29. The molecule has 124 valence electrons. The Balaban J connectivity index is 0.00000242. The molecule has 0 heterocycles. The first-order valence-corrected chi connectivity index (χ1v) is 8.80. The summed E-state index contributed by atoms with van der Waals surface area (Å²) in [5.74, 6) is 1.85. The summed E-state index contributed by atoms with van der Waals surface area (Å²) in [5, 5.41) is 6.64. The smallest absolute Gasteiger partial charge is 0.191 e. The highest BCUT2D eigenvalue weighted by molar-refractivity contribution is 14.0. The third-order valence-corrected chi connectivity index (χ3v) is 4.63. The van der Waals surface area contributed by atoms with Gasteiger partial charge in [-0.05, 0) is 42.9 Å². The van der Waals surface area contributed by atoms with E-state index in [0.717, 1.165) is 49.6 Å². The summed E-state index contributed by atoms with van der Waals surface area (Å²) >= 11 is 1.85. The molecule has 0 amide bonds. The maximum Gasteiger partial charge on any atom is 0.191 e. The third kappa shape index (κ3) is 5.30. The number of hydrogen-bond donors (Lipinski definition) is 2. The number of rotatable bonds is 7. The lowest BCUT2D eigenvalue weighted by atomic mass is 9.95. The minimum Gasteiger partial charge on any atom is -0.356 e. The van der Waals surface area contributed by atoms with Crippen molar-refractivity contribution in [2.24, 2.45) is 4.99 Å². The number of thioether (sulfide) groups is 1. The van der Waals surface area contributed by atoms with Crippen LogP contribution in [0.25, 0.3) is 0 Å². The molecule has 1 aliphatic rings. The SMILES string of the molecule is CN=C(NCCCSC)NCC1(c2ccccc2F)CC1.I. The Bertz CT molecular complexity index is 492. The highest BCUT2D eigenvalue weighted by Gasteiger charge is 2.45. The fourth-order valence-corrected chi connectivity index (χ4v) is 2.91. The molecule has 0 radical (unpaired) electrons. The van der Waals surface area contributed by atoms with E-state index in [2.05, 4.69) is 21.9 Å². The fraction of sp³-hybridized carbons (Fsp3) is 0.562. The number of aliphatic imine (C=N–C) groups is 1. The zero-order chi connectivity index (χ0) is 15.1. The molecule has 0 aromatic heterocycles. The number of nitrogens with zero attached hydrogens (tertiary/aromatic N) is 1. The molecular formula is C16H25FIN3S. The van der Waals surface area contributed by atoms with Gasteiger partial charge in [0.2, 0.25) is 0 Å². The molecule has 1 aromatic rings. The summed E-state index contributed by atoms with van der Waals surface area (Å²) in [6.45, 7) is 1.64. The van der Waals surface area contributed by atoms with Crippen molar-refractivity contribution >= 4 is 41.7 Å². The number of hydrogen-bond acceptors (Lipinski definition) is 2. The van der Waals surface area contributed by atoms with Crippen molar-refractivity contribution in [1.29, 1.82) is 0 Å². The minimum absolute atomic E-state index is 0. The Morgan fingerprint density at radius 2 is 2.05 bits per heavy atom. The van der Waals surface area contributed by atoms with Crippen LogP contribution in [0.5, 0.6) is 0 Å². The second-order valence-electron chi connectivity index (χ2n) is 5.46. The van der Waals surface area contributed by atoms with Gasteiger partial charge in [-0.15, -0.1) is 24.0 Å². The number of nitrogens with one attached hydrogen (secondary N) is 2. The maximum atomic E-state index is 13.9. The topological polar surface area (TPSA) is 36.4 Å². The van der Waals surface area contributed by atoms with Crippen molar-refractivity contribution in [2.45, 2.75) is 24.7 Å². The van der Waals surface area contributed by atoms with E-state index in [1.54, 1.807) is 19.2 Å². The van der Waals surface area contributed by atoms with Crippen molar-refractivity contribution in [2.75, 3.05) is 32.1 Å². The Morgan fingerprint density at radius 1 is 1.32 bits per heavy atom. The molecule has 6 heteroatoms. The van der Waals surface area contributed by atoms with Gasteiger partial charge in [-0.1, -0.05) is 18.2 Å². The third-order valence-electron chi connectivity index (χ3n) is 3.93. The lowest BCUT2D eigenvalue weighted by molar-refractivity contribution is 0.559. The molecule has 22 heavy (non-hydrogen) atoms. The quantitative estimate of drug-likeness (QED) is 0.297. The van der Waals surface area contributed by atoms with E-state index in [-0.39, 0.29) is 35.2 Å². The van der Waals surface area contributed by atoms with Crippen LogP contribution in [0.4, 0.5) is 4.39 Å². The molecule has 1 fully saturated rings. The summed E-state index contributed by atoms with van der Waals surface area (Å²) in [5.41, 5.74) is 0.776. The lowest BCUT2D eigenvalue weighted by Crippen LogP contribution is -2.41. The molecule has 0 unspecified atom stereocenters. The van der Waals surface area contributed by atoms with Gasteiger partial charge in [-0.2, -0.15) is 11.8 Å². The molecule has 2 rings (SSSR count). The van der Waals surface area contributed by atoms with Gasteiger partial charge in [0.15, 0.2) is 5.96 Å². The van der Waals surface area contributed by atoms with Gasteiger partial charge < -0.3 is 10.6 Å². The zero-order valence-corrected chi connectivity index (χ0v) is 16.3. The van der Waals surface area contributed by atoms with E-state index in [9.17, 15) is 4.39 Å². The van der Waals surface area contributed by atoms with Crippen LogP contribution in [0.15, 0.2) is 29.3 Å². The molecule has 0 spiro atoms. The molecule has 0 saturated heterocycles. The van der Waals surface area contributed by atoms with E-state index < -0.39 is 0 Å². The number of halogens is 2. The van der Waals surface area contributed by atoms with Crippen LogP contribution in [0.2, 0.25) is 0 Å². The predicted octanol–water partition coefficient (Wildman–Crippen LogP) is 3.39. The molecule has 0 bridgehead atoms. The van der Waals surface area contributed by atoms with Crippen molar-refractivity contribution in [3.8, 4) is 0 Å². The van der Waals surface area contributed by atoms with Crippen LogP contribution in [0, 0.1) is 5.82 Å². The fourth-order valence-electron chi connectivity index (χ4n) is 2.48. The van der Waals surface area contributed by atoms with Crippen LogP contribution in [0.3, 0.4) is 0 Å². The first-order valence-electron chi connectivity index (χ1n) is 7.40. The van der Waals surface area contributed by atoms with Gasteiger partial charge in [-0.3, -0.25) is 4.99 Å². The molecule has 0 aliphatic heterocycles. The van der Waals surface area contributed by atoms with Crippen LogP contribution >= 0.6 is 35.7 Å². The van der Waals surface area contributed by atoms with Crippen molar-refractivity contribution in [3.05, 3.63) is 35.6 Å². The monoisotopic (exact) mass is 437 g/mol. The lowest BCUT2D eigenvalue weighted by Gasteiger charge is -2.19. The van der Waals surface area contributed by atoms with E-state index in [1.165, 1.54) is 0 Å². The Hall–Kier alpha value is -0.500. The molecule has 1 saturated carbocycles. The zero-order valence-electron chi connectivity index (χ0n) is 13.2. The van der Waals surface area contributed by atoms with Crippen LogP contribution in [-0.4, -0.2) is 38.1 Å². The van der Waals surface area contributed by atoms with Crippen molar-refractivity contribution in [3.63, 3.8) is 0 Å². The average molecular weight is 437 g/mol. The highest BCUT2D eigenvalue weighted by Crippen LogP contribution is 2.48. The molecule has 0 atom stereocenters. The first-order chi connectivity index (χ1) is 10.2. The average Bonchev–Trinajstić information content (AvgIpc) is 3.28. The molecule has 1 aromatic carbocycles. The summed E-state index contributed by atoms with van der Waals surface area (Å²) in [4.78, 5) is 4.23. The van der Waals surface area contributed by atoms with Gasteiger partial charge in [-0.25, -0.2) is 4.39 Å². The van der Waals surface area contributed by atoms with Gasteiger partial charge in [0.25, 0.3) is 0 Å². The van der Waals surface area contributed by atoms with Gasteiger partial charge >= 0.3 is 0 Å². The maximum absolute atomic E-state index is 13.9. The molecule has 1 aliphatic carbocycles. The normalized spacial score (nSPS) is 15.9. The van der Waals surface area contributed by atoms with Crippen molar-refractivity contribution in [1.82, 2.24) is 10.6 Å². The van der Waals surface area contributed by atoms with Gasteiger partial charge in [0, 0.05) is 25.6 Å². The van der Waals surface area contributed by atoms with E-state index in [4.69, 9.17) is 0 Å². The standard InChI is InChI=1S/C16H24FN3S.HI/c1-18-15(19-10-5-11-21-2)20-12-16(8-9-16)13-6-3-4-7-14(13)17;/h3-4,6-7H,5,8-12H2,1-2H3,(H2,18,19,20);1H. The van der Waals surface area contributed by atoms with Gasteiger partial charge in [0.05, 0.1) is 0 Å². The van der Waals surface area contributed by atoms with Crippen molar-refractivity contribution < 1.29 is 4.39 Å². The second-order valence-corrected chi connectivity index (χ2v) is 6.44. The largest absolute Gasteiger partial charge is 0.356 e. The van der Waals surface area contributed by atoms with Crippen LogP contribution in [-0.2, 0) is 5.41 Å². The summed E-state index contributed by atoms with van der Waals surface area (Å²) < 4.78 is 13.9. The minimum atomic E-state index is -0.0975. The van der Waals surface area contributed by atoms with Crippen LogP contribution < -0.4 is 10.6 Å². The highest BCUT2D eigenvalue weighted by atomic mass is 127. The molecule has 2 N–H and O–H groups in total. The van der Waals surface area contributed by atoms with E-state index in [1.807, 2.05) is 23.9 Å². The first kappa shape index (κ1) is 19.5. The summed E-state index contributed by atoms with van der Waals surface area (Å²) in [6, 6.07) is 7.10. The Morgan fingerprint density at radius 3 is 2.64 bits per heavy atom.